The minimum absolute atomic E-state index is 0.162. The molecule has 2 heterocycles. The van der Waals surface area contributed by atoms with Crippen LogP contribution in [0.2, 0.25) is 0 Å². The first-order valence-electron chi connectivity index (χ1n) is 2.61. The zero-order valence-corrected chi connectivity index (χ0v) is 4.59. The molecule has 0 bridgehead atoms. The first kappa shape index (κ1) is 4.49. The summed E-state index contributed by atoms with van der Waals surface area (Å²) in [7, 11) is 0. The molecule has 0 unspecified atom stereocenters. The molecule has 0 aliphatic carbocycles. The van der Waals surface area contributed by atoms with E-state index >= 15 is 0 Å². The van der Waals surface area contributed by atoms with Gasteiger partial charge in [-0.05, 0) is 0 Å². The molecule has 0 saturated heterocycles. The van der Waals surface area contributed by atoms with Crippen molar-refractivity contribution in [3.8, 4) is 5.75 Å². The van der Waals surface area contributed by atoms with Crippen LogP contribution in [0.25, 0.3) is 11.1 Å². The summed E-state index contributed by atoms with van der Waals surface area (Å²) in [5, 5.41) is 8.98. The van der Waals surface area contributed by atoms with Gasteiger partial charge in [-0.2, -0.15) is 0 Å². The number of aromatic amines is 1. The molecular formula is C6H5NO2. The predicted octanol–water partition coefficient (Wildman–Crippen LogP) is 1.47. The number of nitrogens with one attached hydrogen (secondary N) is 1. The molecular weight excluding hydrogens is 118 g/mol. The van der Waals surface area contributed by atoms with Gasteiger partial charge in [0.1, 0.15) is 0 Å². The number of aromatic hydroxyl groups is 1. The van der Waals surface area contributed by atoms with Crippen molar-refractivity contribution >= 4 is 11.1 Å². The SMILES string of the molecule is Oc1c[nH]c2ccoc12. The van der Waals surface area contributed by atoms with Crippen molar-refractivity contribution in [3.63, 3.8) is 0 Å². The molecule has 0 saturated carbocycles. The Morgan fingerprint density at radius 2 is 2.44 bits per heavy atom. The molecule has 2 aromatic rings. The van der Waals surface area contributed by atoms with Crippen molar-refractivity contribution in [1.29, 1.82) is 0 Å². The third kappa shape index (κ3) is 0.455. The Labute approximate surface area is 50.9 Å². The third-order valence-electron chi connectivity index (χ3n) is 1.26. The fourth-order valence-electron chi connectivity index (χ4n) is 0.833. The standard InChI is InChI=1S/C6H5NO2/c8-5-3-7-4-1-2-9-6(4)5/h1-3,7-8H. The predicted molar refractivity (Wildman–Crippen MR) is 32.2 cm³/mol. The summed E-state index contributed by atoms with van der Waals surface area (Å²) in [5.74, 6) is 0.162. The largest absolute Gasteiger partial charge is 0.503 e. The van der Waals surface area contributed by atoms with Gasteiger partial charge in [0.2, 0.25) is 0 Å². The lowest BCUT2D eigenvalue weighted by molar-refractivity contribution is 0.465. The number of rotatable bonds is 0. The topological polar surface area (TPSA) is 49.2 Å². The minimum atomic E-state index is 0.162. The van der Waals surface area contributed by atoms with Gasteiger partial charge in [-0.25, -0.2) is 0 Å². The summed E-state index contributed by atoms with van der Waals surface area (Å²) in [6.45, 7) is 0. The Morgan fingerprint density at radius 1 is 1.56 bits per heavy atom. The van der Waals surface area contributed by atoms with Crippen LogP contribution in [0.5, 0.6) is 5.75 Å². The molecule has 3 nitrogen and oxygen atoms in total. The highest BCUT2D eigenvalue weighted by molar-refractivity contribution is 5.79. The van der Waals surface area contributed by atoms with Crippen molar-refractivity contribution in [1.82, 2.24) is 4.98 Å². The highest BCUT2D eigenvalue weighted by Gasteiger charge is 2.01. The maximum Gasteiger partial charge on any atom is 0.193 e. The van der Waals surface area contributed by atoms with E-state index in [9.17, 15) is 0 Å². The highest BCUT2D eigenvalue weighted by atomic mass is 16.3. The monoisotopic (exact) mass is 123 g/mol. The van der Waals surface area contributed by atoms with E-state index in [-0.39, 0.29) is 5.75 Å². The van der Waals surface area contributed by atoms with Gasteiger partial charge in [-0.15, -0.1) is 0 Å². The Bertz CT molecular complexity index is 320. The van der Waals surface area contributed by atoms with Gasteiger partial charge in [-0.3, -0.25) is 0 Å². The molecule has 0 aliphatic rings. The van der Waals surface area contributed by atoms with E-state index in [0.717, 1.165) is 5.52 Å². The summed E-state index contributed by atoms with van der Waals surface area (Å²) in [6, 6.07) is 1.76. The van der Waals surface area contributed by atoms with Crippen LogP contribution < -0.4 is 0 Å². The molecule has 2 N–H and O–H groups in total. The quantitative estimate of drug-likeness (QED) is 0.557. The van der Waals surface area contributed by atoms with Crippen molar-refractivity contribution in [2.24, 2.45) is 0 Å². The molecule has 0 aromatic carbocycles. The first-order chi connectivity index (χ1) is 4.38. The zero-order chi connectivity index (χ0) is 6.27. The lowest BCUT2D eigenvalue weighted by Crippen LogP contribution is -1.49. The molecule has 46 valence electrons. The normalized spacial score (nSPS) is 10.7. The molecule has 2 aromatic heterocycles. The maximum atomic E-state index is 8.98. The van der Waals surface area contributed by atoms with Gasteiger partial charge in [-0.1, -0.05) is 0 Å². The van der Waals surface area contributed by atoms with Crippen LogP contribution >= 0.6 is 0 Å². The lowest BCUT2D eigenvalue weighted by atomic mass is 10.5. The van der Waals surface area contributed by atoms with Gasteiger partial charge in [0.15, 0.2) is 11.3 Å². The summed E-state index contributed by atoms with van der Waals surface area (Å²) in [6.07, 6.45) is 3.02. The molecule has 0 aliphatic heterocycles. The number of furan rings is 1. The highest BCUT2D eigenvalue weighted by Crippen LogP contribution is 2.23. The van der Waals surface area contributed by atoms with Crippen molar-refractivity contribution in [3.05, 3.63) is 18.5 Å². The maximum absolute atomic E-state index is 8.98. The van der Waals surface area contributed by atoms with E-state index < -0.39 is 0 Å². The lowest BCUT2D eigenvalue weighted by Gasteiger charge is -1.75. The van der Waals surface area contributed by atoms with Gasteiger partial charge in [0.25, 0.3) is 0 Å². The molecule has 9 heavy (non-hydrogen) atoms. The second-order valence-electron chi connectivity index (χ2n) is 1.84. The van der Waals surface area contributed by atoms with Crippen molar-refractivity contribution in [2.75, 3.05) is 0 Å². The van der Waals surface area contributed by atoms with Crippen molar-refractivity contribution in [2.45, 2.75) is 0 Å². The fourth-order valence-corrected chi connectivity index (χ4v) is 0.833. The number of H-pyrrole nitrogens is 1. The van der Waals surface area contributed by atoms with Gasteiger partial charge >= 0.3 is 0 Å². The number of hydrogen-bond acceptors (Lipinski definition) is 2. The molecule has 0 amide bonds. The fraction of sp³-hybridized carbons (Fsp3) is 0. The summed E-state index contributed by atoms with van der Waals surface area (Å²) in [5.41, 5.74) is 1.35. The Morgan fingerprint density at radius 3 is 3.22 bits per heavy atom. The minimum Gasteiger partial charge on any atom is -0.503 e. The van der Waals surface area contributed by atoms with Crippen LogP contribution in [0.1, 0.15) is 0 Å². The van der Waals surface area contributed by atoms with E-state index in [1.165, 1.54) is 12.5 Å². The third-order valence-corrected chi connectivity index (χ3v) is 1.26. The van der Waals surface area contributed by atoms with Crippen LogP contribution in [-0.2, 0) is 0 Å². The van der Waals surface area contributed by atoms with Gasteiger partial charge < -0.3 is 14.5 Å². The van der Waals surface area contributed by atoms with E-state index in [2.05, 4.69) is 4.98 Å². The number of aromatic nitrogens is 1. The smallest absolute Gasteiger partial charge is 0.193 e. The second kappa shape index (κ2) is 1.31. The van der Waals surface area contributed by atoms with Crippen LogP contribution in [0, 0.1) is 0 Å². The molecule has 0 spiro atoms. The van der Waals surface area contributed by atoms with E-state index in [1.807, 2.05) is 0 Å². The van der Waals surface area contributed by atoms with Crippen LogP contribution in [0.4, 0.5) is 0 Å². The van der Waals surface area contributed by atoms with Gasteiger partial charge in [0.05, 0.1) is 11.8 Å². The van der Waals surface area contributed by atoms with E-state index in [1.54, 1.807) is 6.07 Å². The Balaban J connectivity index is 2.99. The number of hydrogen-bond donors (Lipinski definition) is 2. The number of fused-ring (bicyclic) bond motifs is 1. The zero-order valence-electron chi connectivity index (χ0n) is 4.59. The molecule has 0 fully saturated rings. The summed E-state index contributed by atoms with van der Waals surface area (Å²) >= 11 is 0. The summed E-state index contributed by atoms with van der Waals surface area (Å²) < 4.78 is 4.91. The Hall–Kier alpha value is -1.38. The summed E-state index contributed by atoms with van der Waals surface area (Å²) in [4.78, 5) is 2.82. The molecule has 3 heteroatoms. The Kier molecular flexibility index (Phi) is 0.656. The molecule has 0 atom stereocenters. The van der Waals surface area contributed by atoms with Crippen molar-refractivity contribution < 1.29 is 9.52 Å². The second-order valence-corrected chi connectivity index (χ2v) is 1.84. The van der Waals surface area contributed by atoms with Crippen LogP contribution in [0.3, 0.4) is 0 Å². The molecule has 2 rings (SSSR count). The first-order valence-corrected chi connectivity index (χ1v) is 2.61. The van der Waals surface area contributed by atoms with E-state index in [0.29, 0.717) is 5.58 Å². The van der Waals surface area contributed by atoms with Crippen LogP contribution in [0.15, 0.2) is 22.9 Å². The van der Waals surface area contributed by atoms with Gasteiger partial charge in [0, 0.05) is 12.3 Å². The average molecular weight is 123 g/mol. The van der Waals surface area contributed by atoms with Crippen LogP contribution in [-0.4, -0.2) is 10.1 Å². The molecule has 0 radical (unpaired) electrons. The average Bonchev–Trinajstić information content (AvgIpc) is 2.35. The van der Waals surface area contributed by atoms with E-state index in [4.69, 9.17) is 9.52 Å².